The fraction of sp³-hybridized carbons (Fsp3) is 0.364. The number of ether oxygens (including phenoxy) is 2. The van der Waals surface area contributed by atoms with Crippen molar-refractivity contribution in [3.8, 4) is 11.5 Å². The summed E-state index contributed by atoms with van der Waals surface area (Å²) in [5, 5.41) is 3.15. The van der Waals surface area contributed by atoms with Crippen molar-refractivity contribution in [2.45, 2.75) is 25.3 Å². The third-order valence-corrected chi connectivity index (χ3v) is 5.50. The van der Waals surface area contributed by atoms with Crippen molar-refractivity contribution < 1.29 is 14.3 Å². The monoisotopic (exact) mass is 411 g/mol. The molecule has 4 rings (SSSR count). The van der Waals surface area contributed by atoms with Gasteiger partial charge in [0.1, 0.15) is 5.82 Å². The van der Waals surface area contributed by atoms with Gasteiger partial charge in [0, 0.05) is 6.42 Å². The molecular formula is C22H25N3O3S. The number of fused-ring (bicyclic) bond motifs is 2. The topological polar surface area (TPSA) is 76.2 Å². The largest absolute Gasteiger partial charge is 0.490 e. The first-order chi connectivity index (χ1) is 14.2. The molecule has 152 valence electrons. The number of hydrogen-bond acceptors (Lipinski definition) is 5. The molecule has 1 aliphatic rings. The van der Waals surface area contributed by atoms with Crippen LogP contribution in [0.2, 0.25) is 0 Å². The van der Waals surface area contributed by atoms with E-state index in [0.29, 0.717) is 19.0 Å². The summed E-state index contributed by atoms with van der Waals surface area (Å²) in [6, 6.07) is 13.5. The molecule has 0 saturated carbocycles. The van der Waals surface area contributed by atoms with Crippen LogP contribution in [0, 0.1) is 0 Å². The Bertz CT molecular complexity index is 955. The summed E-state index contributed by atoms with van der Waals surface area (Å²) in [4.78, 5) is 20.8. The molecule has 1 amide bonds. The Morgan fingerprint density at radius 2 is 2.03 bits per heavy atom. The number of H-pyrrole nitrogens is 1. The van der Waals surface area contributed by atoms with Gasteiger partial charge in [0.25, 0.3) is 0 Å². The second-order valence-corrected chi connectivity index (χ2v) is 8.03. The second-order valence-electron chi connectivity index (χ2n) is 7.05. The summed E-state index contributed by atoms with van der Waals surface area (Å²) in [7, 11) is 0. The van der Waals surface area contributed by atoms with Crippen LogP contribution in [0.5, 0.6) is 11.5 Å². The predicted molar refractivity (Wildman–Crippen MR) is 116 cm³/mol. The van der Waals surface area contributed by atoms with Gasteiger partial charge in [0.2, 0.25) is 5.91 Å². The SMILES string of the molecule is CSCCC(NC(=O)Cc1ccc2c(c1)OCCCO2)c1nc2ccccc2[nH]1. The molecule has 2 aromatic carbocycles. The molecule has 1 aliphatic heterocycles. The molecule has 1 aromatic heterocycles. The van der Waals surface area contributed by atoms with Gasteiger partial charge in [0.15, 0.2) is 11.5 Å². The summed E-state index contributed by atoms with van der Waals surface area (Å²) >= 11 is 1.76. The molecule has 0 spiro atoms. The van der Waals surface area contributed by atoms with Crippen LogP contribution in [-0.2, 0) is 11.2 Å². The molecule has 1 unspecified atom stereocenters. The van der Waals surface area contributed by atoms with Crippen LogP contribution in [0.25, 0.3) is 11.0 Å². The lowest BCUT2D eigenvalue weighted by atomic mass is 10.1. The normalized spacial score (nSPS) is 14.4. The number of amides is 1. The van der Waals surface area contributed by atoms with Gasteiger partial charge in [-0.3, -0.25) is 4.79 Å². The lowest BCUT2D eigenvalue weighted by Gasteiger charge is -2.17. The van der Waals surface area contributed by atoms with Crippen LogP contribution in [0.3, 0.4) is 0 Å². The molecule has 6 nitrogen and oxygen atoms in total. The van der Waals surface area contributed by atoms with Crippen LogP contribution in [0.4, 0.5) is 0 Å². The quantitative estimate of drug-likeness (QED) is 0.617. The van der Waals surface area contributed by atoms with Crippen molar-refractivity contribution in [3.63, 3.8) is 0 Å². The number of imidazole rings is 1. The fourth-order valence-electron chi connectivity index (χ4n) is 3.40. The van der Waals surface area contributed by atoms with E-state index in [2.05, 4.69) is 21.5 Å². The molecule has 2 N–H and O–H groups in total. The van der Waals surface area contributed by atoms with Gasteiger partial charge in [-0.25, -0.2) is 4.98 Å². The van der Waals surface area contributed by atoms with Gasteiger partial charge < -0.3 is 19.8 Å². The first-order valence-electron chi connectivity index (χ1n) is 9.84. The van der Waals surface area contributed by atoms with E-state index in [1.807, 2.05) is 42.5 Å². The predicted octanol–water partition coefficient (Wildman–Crippen LogP) is 3.88. The van der Waals surface area contributed by atoms with Gasteiger partial charge in [-0.2, -0.15) is 11.8 Å². The summed E-state index contributed by atoms with van der Waals surface area (Å²) in [6.45, 7) is 1.28. The van der Waals surface area contributed by atoms with Crippen LogP contribution in [0.15, 0.2) is 42.5 Å². The molecule has 0 bridgehead atoms. The minimum Gasteiger partial charge on any atom is -0.490 e. The van der Waals surface area contributed by atoms with E-state index in [4.69, 9.17) is 9.47 Å². The Morgan fingerprint density at radius 3 is 2.86 bits per heavy atom. The number of nitrogens with zero attached hydrogens (tertiary/aromatic N) is 1. The van der Waals surface area contributed by atoms with Crippen molar-refractivity contribution in [1.82, 2.24) is 15.3 Å². The Hall–Kier alpha value is -2.67. The smallest absolute Gasteiger partial charge is 0.225 e. The van der Waals surface area contributed by atoms with E-state index in [9.17, 15) is 4.79 Å². The van der Waals surface area contributed by atoms with Crippen molar-refractivity contribution in [1.29, 1.82) is 0 Å². The lowest BCUT2D eigenvalue weighted by Crippen LogP contribution is -2.31. The van der Waals surface area contributed by atoms with E-state index >= 15 is 0 Å². The number of hydrogen-bond donors (Lipinski definition) is 2. The summed E-state index contributed by atoms with van der Waals surface area (Å²) < 4.78 is 11.4. The number of aromatic amines is 1. The highest BCUT2D eigenvalue weighted by Crippen LogP contribution is 2.30. The third-order valence-electron chi connectivity index (χ3n) is 4.86. The molecule has 2 heterocycles. The van der Waals surface area contributed by atoms with E-state index in [0.717, 1.165) is 46.8 Å². The van der Waals surface area contributed by atoms with Crippen molar-refractivity contribution in [2.24, 2.45) is 0 Å². The zero-order valence-electron chi connectivity index (χ0n) is 16.4. The van der Waals surface area contributed by atoms with E-state index in [-0.39, 0.29) is 18.4 Å². The van der Waals surface area contributed by atoms with Gasteiger partial charge >= 0.3 is 0 Å². The fourth-order valence-corrected chi connectivity index (χ4v) is 3.87. The number of carbonyl (C=O) groups excluding carboxylic acids is 1. The molecular weight excluding hydrogens is 386 g/mol. The standard InChI is InChI=1S/C22H25N3O3S/c1-29-12-9-18(22-24-16-5-2-3-6-17(16)25-22)23-21(26)14-15-7-8-19-20(13-15)28-11-4-10-27-19/h2-3,5-8,13,18H,4,9-12,14H2,1H3,(H,23,26)(H,24,25). The van der Waals surface area contributed by atoms with E-state index in [1.54, 1.807) is 11.8 Å². The second kappa shape index (κ2) is 9.22. The Balaban J connectivity index is 1.47. The number of nitrogens with one attached hydrogen (secondary N) is 2. The van der Waals surface area contributed by atoms with Crippen molar-refractivity contribution >= 4 is 28.7 Å². The molecule has 0 saturated heterocycles. The minimum atomic E-state index is -0.150. The number of thioether (sulfide) groups is 1. The highest BCUT2D eigenvalue weighted by Gasteiger charge is 2.19. The maximum absolute atomic E-state index is 12.8. The van der Waals surface area contributed by atoms with Crippen molar-refractivity contribution in [3.05, 3.63) is 53.9 Å². The summed E-state index contributed by atoms with van der Waals surface area (Å²) in [6.07, 6.45) is 4.02. The zero-order chi connectivity index (χ0) is 20.1. The molecule has 7 heteroatoms. The van der Waals surface area contributed by atoms with Gasteiger partial charge in [0.05, 0.1) is 36.7 Å². The maximum Gasteiger partial charge on any atom is 0.225 e. The van der Waals surface area contributed by atoms with Crippen LogP contribution >= 0.6 is 11.8 Å². The molecule has 0 aliphatic carbocycles. The molecule has 0 fully saturated rings. The van der Waals surface area contributed by atoms with Crippen molar-refractivity contribution in [2.75, 3.05) is 25.2 Å². The molecule has 0 radical (unpaired) electrons. The number of carbonyl (C=O) groups is 1. The summed E-state index contributed by atoms with van der Waals surface area (Å²) in [5.41, 5.74) is 2.79. The number of para-hydroxylation sites is 2. The average molecular weight is 412 g/mol. The highest BCUT2D eigenvalue weighted by atomic mass is 32.2. The van der Waals surface area contributed by atoms with Crippen LogP contribution in [-0.4, -0.2) is 41.1 Å². The van der Waals surface area contributed by atoms with E-state index in [1.165, 1.54) is 0 Å². The van der Waals surface area contributed by atoms with Gasteiger partial charge in [-0.15, -0.1) is 0 Å². The minimum absolute atomic E-state index is 0.0361. The lowest BCUT2D eigenvalue weighted by molar-refractivity contribution is -0.121. The van der Waals surface area contributed by atoms with Gasteiger partial charge in [-0.1, -0.05) is 18.2 Å². The number of benzene rings is 2. The van der Waals surface area contributed by atoms with E-state index < -0.39 is 0 Å². The Morgan fingerprint density at radius 1 is 1.21 bits per heavy atom. The first-order valence-corrected chi connectivity index (χ1v) is 11.2. The maximum atomic E-state index is 12.8. The number of rotatable bonds is 7. The van der Waals surface area contributed by atoms with Crippen LogP contribution < -0.4 is 14.8 Å². The first kappa shape index (κ1) is 19.6. The van der Waals surface area contributed by atoms with Crippen LogP contribution in [0.1, 0.15) is 30.3 Å². The van der Waals surface area contributed by atoms with Gasteiger partial charge in [-0.05, 0) is 48.3 Å². The molecule has 29 heavy (non-hydrogen) atoms. The Kier molecular flexibility index (Phi) is 6.24. The zero-order valence-corrected chi connectivity index (χ0v) is 17.3. The third kappa shape index (κ3) is 4.85. The molecule has 3 aromatic rings. The summed E-state index contributed by atoms with van der Waals surface area (Å²) in [5.74, 6) is 3.15. The number of aromatic nitrogens is 2. The Labute approximate surface area is 174 Å². The highest BCUT2D eigenvalue weighted by molar-refractivity contribution is 7.98. The molecule has 1 atom stereocenters. The average Bonchev–Trinajstić information content (AvgIpc) is 3.02.